The van der Waals surface area contributed by atoms with Crippen molar-refractivity contribution in [2.24, 2.45) is 19.2 Å². The molecule has 21 heavy (non-hydrogen) atoms. The van der Waals surface area contributed by atoms with Gasteiger partial charge < -0.3 is 0 Å². The maximum atomic E-state index is 11.8. The number of nitrogens with zero attached hydrogens (tertiary/aromatic N) is 4. The predicted octanol–water partition coefficient (Wildman–Crippen LogP) is -0.137. The van der Waals surface area contributed by atoms with Gasteiger partial charge in [-0.15, -0.1) is 0 Å². The van der Waals surface area contributed by atoms with Crippen LogP contribution in [-0.4, -0.2) is 31.7 Å². The van der Waals surface area contributed by atoms with E-state index in [1.54, 1.807) is 0 Å². The van der Waals surface area contributed by atoms with Crippen LogP contribution in [0.2, 0.25) is 0 Å². The lowest BCUT2D eigenvalue weighted by Gasteiger charge is -2.05. The number of rotatable bonds is 6. The zero-order valence-corrected chi connectivity index (χ0v) is 13.4. The molecular formula is C12H19N5O3S. The van der Waals surface area contributed by atoms with Gasteiger partial charge in [0.2, 0.25) is 5.91 Å². The Morgan fingerprint density at radius 3 is 2.67 bits per heavy atom. The van der Waals surface area contributed by atoms with Crippen LogP contribution in [0.25, 0.3) is 0 Å². The second-order valence-corrected chi connectivity index (χ2v) is 5.46. The number of carbonyl (C=O) groups is 1. The Hall–Kier alpha value is -1.90. The van der Waals surface area contributed by atoms with E-state index in [0.29, 0.717) is 0 Å². The highest BCUT2D eigenvalue weighted by Crippen LogP contribution is 2.07. The second kappa shape index (κ2) is 7.77. The summed E-state index contributed by atoms with van der Waals surface area (Å²) in [5.41, 5.74) is 2.24. The van der Waals surface area contributed by atoms with Crippen LogP contribution in [0.4, 0.5) is 0 Å². The lowest BCUT2D eigenvalue weighted by molar-refractivity contribution is -0.118. The summed E-state index contributed by atoms with van der Waals surface area (Å²) in [7, 11) is 2.82. The minimum Gasteiger partial charge on any atom is -0.272 e. The molecule has 0 aliphatic carbocycles. The molecule has 0 saturated carbocycles. The lowest BCUT2D eigenvalue weighted by atomic mass is 10.2. The molecule has 0 saturated heterocycles. The molecule has 0 unspecified atom stereocenters. The molecular weight excluding hydrogens is 294 g/mol. The largest absolute Gasteiger partial charge is 0.346 e. The van der Waals surface area contributed by atoms with Crippen molar-refractivity contribution in [3.8, 4) is 0 Å². The number of hydrogen-bond donors (Lipinski definition) is 1. The van der Waals surface area contributed by atoms with Gasteiger partial charge in [-0.2, -0.15) is 10.2 Å². The molecule has 0 aromatic carbocycles. The molecule has 0 fully saturated rings. The van der Waals surface area contributed by atoms with E-state index in [9.17, 15) is 14.4 Å². The van der Waals surface area contributed by atoms with Crippen LogP contribution in [-0.2, 0) is 18.9 Å². The van der Waals surface area contributed by atoms with E-state index in [0.717, 1.165) is 39.6 Å². The molecule has 1 heterocycles. The van der Waals surface area contributed by atoms with E-state index in [1.165, 1.54) is 14.1 Å². The van der Waals surface area contributed by atoms with Gasteiger partial charge in [0.1, 0.15) is 0 Å². The van der Waals surface area contributed by atoms with Crippen molar-refractivity contribution in [3.63, 3.8) is 0 Å². The van der Waals surface area contributed by atoms with Crippen molar-refractivity contribution in [1.82, 2.24) is 19.8 Å². The molecule has 8 nitrogen and oxygen atoms in total. The van der Waals surface area contributed by atoms with Crippen LogP contribution < -0.4 is 16.7 Å². The number of aryl methyl sites for hydroxylation is 1. The van der Waals surface area contributed by atoms with Gasteiger partial charge in [-0.3, -0.25) is 14.2 Å². The Morgan fingerprint density at radius 1 is 1.38 bits per heavy atom. The van der Waals surface area contributed by atoms with E-state index >= 15 is 0 Å². The average molecular weight is 313 g/mol. The van der Waals surface area contributed by atoms with Crippen molar-refractivity contribution in [2.45, 2.75) is 31.7 Å². The van der Waals surface area contributed by atoms with Crippen molar-refractivity contribution in [2.75, 3.05) is 5.75 Å². The molecule has 1 aromatic rings. The van der Waals surface area contributed by atoms with Gasteiger partial charge in [0.05, 0.1) is 5.75 Å². The smallest absolute Gasteiger partial charge is 0.272 e. The molecule has 0 radical (unpaired) electrons. The summed E-state index contributed by atoms with van der Waals surface area (Å²) >= 11 is 0.972. The standard InChI is InChI=1S/C12H19N5O3S/c1-5-6-8(2)13-14-9(18)7-21-10-11(19)16(3)12(20)17(4)15-10/h5-7H2,1-4H3,(H,14,18)/b13-8-. The Labute approximate surface area is 126 Å². The number of thioether (sulfide) groups is 1. The normalized spacial score (nSPS) is 11.5. The quantitative estimate of drug-likeness (QED) is 0.448. The zero-order valence-electron chi connectivity index (χ0n) is 12.5. The Morgan fingerprint density at radius 2 is 2.05 bits per heavy atom. The number of aromatic nitrogens is 3. The van der Waals surface area contributed by atoms with E-state index in [1.807, 2.05) is 13.8 Å². The lowest BCUT2D eigenvalue weighted by Crippen LogP contribution is -2.39. The highest BCUT2D eigenvalue weighted by Gasteiger charge is 2.11. The first-order chi connectivity index (χ1) is 9.86. The van der Waals surface area contributed by atoms with Crippen LogP contribution in [0.15, 0.2) is 19.7 Å². The first kappa shape index (κ1) is 17.2. The zero-order chi connectivity index (χ0) is 16.0. The fourth-order valence-corrected chi connectivity index (χ4v) is 2.27. The fourth-order valence-electron chi connectivity index (χ4n) is 1.50. The maximum absolute atomic E-state index is 11.8. The minimum absolute atomic E-state index is 0.00332. The van der Waals surface area contributed by atoms with Crippen molar-refractivity contribution in [1.29, 1.82) is 0 Å². The van der Waals surface area contributed by atoms with Crippen LogP contribution >= 0.6 is 11.8 Å². The van der Waals surface area contributed by atoms with Crippen LogP contribution in [0.1, 0.15) is 26.7 Å². The van der Waals surface area contributed by atoms with Gasteiger partial charge in [0, 0.05) is 19.8 Å². The molecule has 0 aliphatic rings. The van der Waals surface area contributed by atoms with Gasteiger partial charge in [0.25, 0.3) is 5.56 Å². The number of hydrazone groups is 1. The van der Waals surface area contributed by atoms with Gasteiger partial charge in [-0.05, 0) is 13.3 Å². The Bertz CT molecular complexity index is 662. The van der Waals surface area contributed by atoms with Crippen LogP contribution in [0.3, 0.4) is 0 Å². The molecule has 0 bridgehead atoms. The molecule has 1 rings (SSSR count). The predicted molar refractivity (Wildman–Crippen MR) is 81.6 cm³/mol. The molecule has 0 atom stereocenters. The van der Waals surface area contributed by atoms with Gasteiger partial charge in [0.15, 0.2) is 5.03 Å². The van der Waals surface area contributed by atoms with Crippen LogP contribution in [0.5, 0.6) is 0 Å². The van der Waals surface area contributed by atoms with E-state index in [-0.39, 0.29) is 16.7 Å². The molecule has 0 aliphatic heterocycles. The number of hydrogen-bond acceptors (Lipinski definition) is 6. The maximum Gasteiger partial charge on any atom is 0.346 e. The summed E-state index contributed by atoms with van der Waals surface area (Å²) in [6.45, 7) is 3.86. The van der Waals surface area contributed by atoms with Crippen molar-refractivity contribution < 1.29 is 4.79 Å². The first-order valence-electron chi connectivity index (χ1n) is 6.46. The van der Waals surface area contributed by atoms with Crippen molar-refractivity contribution >= 4 is 23.4 Å². The monoisotopic (exact) mass is 313 g/mol. The Balaban J connectivity index is 2.68. The molecule has 0 spiro atoms. The summed E-state index contributed by atoms with van der Waals surface area (Å²) in [4.78, 5) is 34.9. The third kappa shape index (κ3) is 4.85. The van der Waals surface area contributed by atoms with Crippen molar-refractivity contribution in [3.05, 3.63) is 20.8 Å². The van der Waals surface area contributed by atoms with Gasteiger partial charge in [-0.25, -0.2) is 14.9 Å². The highest BCUT2D eigenvalue weighted by atomic mass is 32.2. The van der Waals surface area contributed by atoms with Crippen LogP contribution in [0, 0.1) is 0 Å². The summed E-state index contributed by atoms with van der Waals surface area (Å²) in [6.07, 6.45) is 1.77. The topological polar surface area (TPSA) is 98.3 Å². The molecule has 9 heteroatoms. The minimum atomic E-state index is -0.512. The fraction of sp³-hybridized carbons (Fsp3) is 0.583. The number of carbonyl (C=O) groups excluding carboxylic acids is 1. The first-order valence-corrected chi connectivity index (χ1v) is 7.44. The average Bonchev–Trinajstić information content (AvgIpc) is 2.45. The van der Waals surface area contributed by atoms with E-state index in [4.69, 9.17) is 0 Å². The number of nitrogens with one attached hydrogen (secondary N) is 1. The summed E-state index contributed by atoms with van der Waals surface area (Å²) in [6, 6.07) is 0. The van der Waals surface area contributed by atoms with E-state index in [2.05, 4.69) is 15.6 Å². The molecule has 1 N–H and O–H groups in total. The van der Waals surface area contributed by atoms with Gasteiger partial charge in [-0.1, -0.05) is 25.1 Å². The SMILES string of the molecule is CCC/C(C)=N\NC(=O)CSc1nn(C)c(=O)n(C)c1=O. The third-order valence-corrected chi connectivity index (χ3v) is 3.55. The summed E-state index contributed by atoms with van der Waals surface area (Å²) < 4.78 is 2.02. The summed E-state index contributed by atoms with van der Waals surface area (Å²) in [5, 5.41) is 7.89. The highest BCUT2D eigenvalue weighted by molar-refractivity contribution is 7.99. The Kier molecular flexibility index (Phi) is 6.35. The number of amides is 1. The summed E-state index contributed by atoms with van der Waals surface area (Å²) in [5.74, 6) is -0.322. The molecule has 1 amide bonds. The second-order valence-electron chi connectivity index (χ2n) is 4.50. The van der Waals surface area contributed by atoms with Gasteiger partial charge >= 0.3 is 5.69 Å². The molecule has 1 aromatic heterocycles. The molecule has 116 valence electrons. The van der Waals surface area contributed by atoms with E-state index < -0.39 is 11.2 Å². The third-order valence-electron chi connectivity index (χ3n) is 2.62.